The van der Waals surface area contributed by atoms with E-state index >= 15 is 0 Å². The molecule has 3 aromatic rings. The number of fused-ring (bicyclic) bond motifs is 1. The van der Waals surface area contributed by atoms with Crippen LogP contribution in [0.5, 0.6) is 5.75 Å². The molecule has 2 aromatic carbocycles. The van der Waals surface area contributed by atoms with E-state index in [1.807, 2.05) is 35.0 Å². The van der Waals surface area contributed by atoms with Crippen molar-refractivity contribution in [2.45, 2.75) is 17.5 Å². The molecular formula is C20H19N3O5S. The lowest BCUT2D eigenvalue weighted by atomic mass is 10.0. The number of methoxy groups -OCH3 is 1. The second-order valence-electron chi connectivity index (χ2n) is 6.67. The molecule has 2 heterocycles. The number of benzene rings is 2. The quantitative estimate of drug-likeness (QED) is 0.473. The first-order valence-electron chi connectivity index (χ1n) is 8.97. The molecule has 0 aliphatic carbocycles. The number of nitro benzene ring substituents is 1. The van der Waals surface area contributed by atoms with Gasteiger partial charge in [-0.3, -0.25) is 10.1 Å². The van der Waals surface area contributed by atoms with Gasteiger partial charge in [0.2, 0.25) is 10.0 Å². The molecule has 4 rings (SSSR count). The summed E-state index contributed by atoms with van der Waals surface area (Å²) >= 11 is 0. The molecule has 0 saturated heterocycles. The van der Waals surface area contributed by atoms with E-state index in [1.54, 1.807) is 19.2 Å². The molecule has 0 bridgehead atoms. The van der Waals surface area contributed by atoms with Crippen LogP contribution in [0.2, 0.25) is 0 Å². The number of nitro groups is 1. The Kier molecular flexibility index (Phi) is 4.85. The van der Waals surface area contributed by atoms with Gasteiger partial charge >= 0.3 is 0 Å². The summed E-state index contributed by atoms with van der Waals surface area (Å²) in [5, 5.41) is 10.9. The zero-order chi connectivity index (χ0) is 20.6. The van der Waals surface area contributed by atoms with Crippen LogP contribution in [0.25, 0.3) is 0 Å². The molecule has 1 aliphatic heterocycles. The molecule has 29 heavy (non-hydrogen) atoms. The van der Waals surface area contributed by atoms with E-state index < -0.39 is 21.0 Å². The van der Waals surface area contributed by atoms with Crippen LogP contribution in [-0.4, -0.2) is 35.9 Å². The van der Waals surface area contributed by atoms with E-state index in [0.717, 1.165) is 11.3 Å². The predicted octanol–water partition coefficient (Wildman–Crippen LogP) is 3.20. The van der Waals surface area contributed by atoms with Crippen LogP contribution in [-0.2, 0) is 16.6 Å². The van der Waals surface area contributed by atoms with E-state index in [2.05, 4.69) is 0 Å². The highest BCUT2D eigenvalue weighted by Gasteiger charge is 2.37. The Labute approximate surface area is 168 Å². The highest BCUT2D eigenvalue weighted by molar-refractivity contribution is 7.89. The van der Waals surface area contributed by atoms with Crippen LogP contribution < -0.4 is 4.74 Å². The standard InChI is InChI=1S/C20H19N3O5S/c1-28-17-8-4-15(5-9-17)20-19-3-2-12-21(19)13-14-22(20)29(26,27)18-10-6-16(7-11-18)23(24)25/h2-12,20H,13-14H2,1H3/t20-/m0/s1. The highest BCUT2D eigenvalue weighted by atomic mass is 32.2. The van der Waals surface area contributed by atoms with Gasteiger partial charge in [0.05, 0.1) is 23.0 Å². The number of hydrogen-bond acceptors (Lipinski definition) is 5. The first kappa shape index (κ1) is 19.2. The van der Waals surface area contributed by atoms with Gasteiger partial charge in [0.15, 0.2) is 0 Å². The fraction of sp³-hybridized carbons (Fsp3) is 0.200. The molecule has 0 fully saturated rings. The van der Waals surface area contributed by atoms with Crippen LogP contribution in [0, 0.1) is 10.1 Å². The summed E-state index contributed by atoms with van der Waals surface area (Å²) in [4.78, 5) is 10.4. The Morgan fingerprint density at radius 2 is 1.72 bits per heavy atom. The molecule has 8 nitrogen and oxygen atoms in total. The van der Waals surface area contributed by atoms with Crippen LogP contribution in [0.15, 0.2) is 71.8 Å². The lowest BCUT2D eigenvalue weighted by Gasteiger charge is -2.36. The summed E-state index contributed by atoms with van der Waals surface area (Å²) in [7, 11) is -2.30. The number of sulfonamides is 1. The molecule has 0 radical (unpaired) electrons. The van der Waals surface area contributed by atoms with Crippen molar-refractivity contribution in [1.29, 1.82) is 0 Å². The van der Waals surface area contributed by atoms with Gasteiger partial charge in [0.1, 0.15) is 5.75 Å². The first-order chi connectivity index (χ1) is 13.9. The smallest absolute Gasteiger partial charge is 0.269 e. The average molecular weight is 413 g/mol. The highest BCUT2D eigenvalue weighted by Crippen LogP contribution is 2.37. The second-order valence-corrected chi connectivity index (χ2v) is 8.56. The van der Waals surface area contributed by atoms with Crippen molar-refractivity contribution in [1.82, 2.24) is 8.87 Å². The van der Waals surface area contributed by atoms with Crippen LogP contribution in [0.1, 0.15) is 17.3 Å². The van der Waals surface area contributed by atoms with Gasteiger partial charge in [0, 0.05) is 37.1 Å². The minimum absolute atomic E-state index is 0.0293. The molecule has 1 aliphatic rings. The summed E-state index contributed by atoms with van der Waals surface area (Å²) in [6.45, 7) is 0.818. The minimum Gasteiger partial charge on any atom is -0.497 e. The van der Waals surface area contributed by atoms with Crippen molar-refractivity contribution in [3.8, 4) is 5.75 Å². The number of nitrogens with zero attached hydrogens (tertiary/aromatic N) is 3. The van der Waals surface area contributed by atoms with Crippen molar-refractivity contribution in [3.05, 3.63) is 88.2 Å². The maximum absolute atomic E-state index is 13.4. The monoisotopic (exact) mass is 413 g/mol. The topological polar surface area (TPSA) is 94.7 Å². The van der Waals surface area contributed by atoms with Crippen LogP contribution >= 0.6 is 0 Å². The molecule has 150 valence electrons. The van der Waals surface area contributed by atoms with Gasteiger partial charge in [-0.15, -0.1) is 0 Å². The summed E-state index contributed by atoms with van der Waals surface area (Å²) in [5.74, 6) is 0.685. The van der Waals surface area contributed by atoms with Crippen LogP contribution in [0.4, 0.5) is 5.69 Å². The second kappa shape index (κ2) is 7.34. The van der Waals surface area contributed by atoms with Gasteiger partial charge in [-0.05, 0) is 42.0 Å². The van der Waals surface area contributed by atoms with Crippen molar-refractivity contribution in [2.75, 3.05) is 13.7 Å². The fourth-order valence-electron chi connectivity index (χ4n) is 3.62. The lowest BCUT2D eigenvalue weighted by Crippen LogP contribution is -2.42. The summed E-state index contributed by atoms with van der Waals surface area (Å²) < 4.78 is 35.6. The Morgan fingerprint density at radius 1 is 1.03 bits per heavy atom. The molecule has 0 amide bonds. The largest absolute Gasteiger partial charge is 0.497 e. The fourth-order valence-corrected chi connectivity index (χ4v) is 5.20. The van der Waals surface area contributed by atoms with Crippen molar-refractivity contribution < 1.29 is 18.1 Å². The van der Waals surface area contributed by atoms with Crippen molar-refractivity contribution in [3.63, 3.8) is 0 Å². The number of aromatic nitrogens is 1. The van der Waals surface area contributed by atoms with Crippen molar-refractivity contribution in [2.24, 2.45) is 0 Å². The molecule has 9 heteroatoms. The molecule has 1 aromatic heterocycles. The van der Waals surface area contributed by atoms with Gasteiger partial charge < -0.3 is 9.30 Å². The molecule has 0 spiro atoms. The normalized spacial score (nSPS) is 16.9. The zero-order valence-electron chi connectivity index (χ0n) is 15.6. The maximum atomic E-state index is 13.4. The van der Waals surface area contributed by atoms with Gasteiger partial charge in [-0.2, -0.15) is 4.31 Å². The number of ether oxygens (including phenoxy) is 1. The third-order valence-corrected chi connectivity index (χ3v) is 6.96. The average Bonchev–Trinajstić information content (AvgIpc) is 3.22. The summed E-state index contributed by atoms with van der Waals surface area (Å²) in [5.41, 5.74) is 1.53. The third-order valence-electron chi connectivity index (χ3n) is 5.08. The Hall–Kier alpha value is -3.17. The molecular weight excluding hydrogens is 394 g/mol. The molecule has 0 unspecified atom stereocenters. The SMILES string of the molecule is COc1ccc([C@H]2c3cccn3CCN2S(=O)(=O)c2ccc([N+](=O)[O-])cc2)cc1. The number of non-ortho nitro benzene ring substituents is 1. The Balaban J connectivity index is 1.78. The summed E-state index contributed by atoms with van der Waals surface area (Å²) in [6.07, 6.45) is 1.93. The molecule has 0 saturated carbocycles. The van der Waals surface area contributed by atoms with Crippen molar-refractivity contribution >= 4 is 15.7 Å². The minimum atomic E-state index is -3.87. The van der Waals surface area contributed by atoms with E-state index in [1.165, 1.54) is 28.6 Å². The molecule has 1 atom stereocenters. The lowest BCUT2D eigenvalue weighted by molar-refractivity contribution is -0.384. The number of hydrogen-bond donors (Lipinski definition) is 0. The predicted molar refractivity (Wildman–Crippen MR) is 106 cm³/mol. The maximum Gasteiger partial charge on any atom is 0.269 e. The number of rotatable bonds is 5. The third kappa shape index (κ3) is 3.39. The van der Waals surface area contributed by atoms with E-state index in [0.29, 0.717) is 12.3 Å². The molecule has 0 N–H and O–H groups in total. The Bertz CT molecular complexity index is 1140. The van der Waals surface area contributed by atoms with Gasteiger partial charge in [-0.25, -0.2) is 8.42 Å². The first-order valence-corrected chi connectivity index (χ1v) is 10.4. The Morgan fingerprint density at radius 3 is 2.34 bits per heavy atom. The zero-order valence-corrected chi connectivity index (χ0v) is 16.5. The summed E-state index contributed by atoms with van der Waals surface area (Å²) in [6, 6.07) is 15.6. The van der Waals surface area contributed by atoms with E-state index in [4.69, 9.17) is 4.74 Å². The van der Waals surface area contributed by atoms with Gasteiger partial charge in [0.25, 0.3) is 5.69 Å². The van der Waals surface area contributed by atoms with E-state index in [-0.39, 0.29) is 17.1 Å². The van der Waals surface area contributed by atoms with E-state index in [9.17, 15) is 18.5 Å². The van der Waals surface area contributed by atoms with Crippen LogP contribution in [0.3, 0.4) is 0 Å². The van der Waals surface area contributed by atoms with Gasteiger partial charge in [-0.1, -0.05) is 12.1 Å².